The molecule has 0 spiro atoms. The molecule has 1 heterocycles. The fourth-order valence-corrected chi connectivity index (χ4v) is 3.41. The number of aryl methyl sites for hydroxylation is 2. The second-order valence-corrected chi connectivity index (χ2v) is 6.11. The molecule has 1 aromatic heterocycles. The third-order valence-corrected chi connectivity index (χ3v) is 4.58. The lowest BCUT2D eigenvalue weighted by Crippen LogP contribution is -2.33. The zero-order valence-corrected chi connectivity index (χ0v) is 14.0. The average Bonchev–Trinajstić information content (AvgIpc) is 2.77. The minimum Gasteiger partial charge on any atom is -0.306 e. The topological polar surface area (TPSA) is 31.9 Å². The number of fused-ring (bicyclic) bond motifs is 1. The Morgan fingerprint density at radius 3 is 2.62 bits per heavy atom. The van der Waals surface area contributed by atoms with Gasteiger partial charge in [0.1, 0.15) is 0 Å². The molecule has 0 saturated carbocycles. The van der Waals surface area contributed by atoms with Gasteiger partial charge < -0.3 is 4.90 Å². The van der Waals surface area contributed by atoms with Crippen molar-refractivity contribution in [3.63, 3.8) is 0 Å². The summed E-state index contributed by atoms with van der Waals surface area (Å²) in [7, 11) is 4.37. The molecule has 21 heavy (non-hydrogen) atoms. The SMILES string of the molecule is Cc1n[nH]c(C)c1-c1cccc2c1CCC(N(C)C)C2.Cl. The van der Waals surface area contributed by atoms with Crippen molar-refractivity contribution in [3.8, 4) is 11.1 Å². The van der Waals surface area contributed by atoms with Gasteiger partial charge in [0.2, 0.25) is 0 Å². The molecule has 0 bridgehead atoms. The summed E-state index contributed by atoms with van der Waals surface area (Å²) in [6.45, 7) is 4.20. The fourth-order valence-electron chi connectivity index (χ4n) is 3.41. The normalized spacial score (nSPS) is 17.5. The summed E-state index contributed by atoms with van der Waals surface area (Å²) in [5, 5.41) is 7.46. The second kappa shape index (κ2) is 6.20. The van der Waals surface area contributed by atoms with Crippen LogP contribution in [0.2, 0.25) is 0 Å². The molecular formula is C17H24ClN3. The monoisotopic (exact) mass is 305 g/mol. The lowest BCUT2D eigenvalue weighted by Gasteiger charge is -2.31. The molecule has 3 rings (SSSR count). The number of nitrogens with zero attached hydrogens (tertiary/aromatic N) is 2. The quantitative estimate of drug-likeness (QED) is 0.920. The van der Waals surface area contributed by atoms with E-state index >= 15 is 0 Å². The molecule has 0 aliphatic heterocycles. The van der Waals surface area contributed by atoms with E-state index in [1.54, 1.807) is 0 Å². The van der Waals surface area contributed by atoms with Crippen LogP contribution in [-0.4, -0.2) is 35.2 Å². The van der Waals surface area contributed by atoms with Crippen molar-refractivity contribution < 1.29 is 0 Å². The number of hydrogen-bond acceptors (Lipinski definition) is 2. The minimum atomic E-state index is 0. The number of likely N-dealkylation sites (N-methyl/N-ethyl adjacent to an activating group) is 1. The van der Waals surface area contributed by atoms with E-state index in [1.165, 1.54) is 40.8 Å². The first-order valence-electron chi connectivity index (χ1n) is 7.37. The van der Waals surface area contributed by atoms with Gasteiger partial charge in [0.25, 0.3) is 0 Å². The van der Waals surface area contributed by atoms with E-state index < -0.39 is 0 Å². The Balaban J connectivity index is 0.00000161. The molecule has 2 aromatic rings. The summed E-state index contributed by atoms with van der Waals surface area (Å²) >= 11 is 0. The number of H-pyrrole nitrogens is 1. The number of hydrogen-bond donors (Lipinski definition) is 1. The molecule has 1 aliphatic carbocycles. The number of benzene rings is 1. The zero-order chi connectivity index (χ0) is 14.3. The molecule has 114 valence electrons. The highest BCUT2D eigenvalue weighted by atomic mass is 35.5. The van der Waals surface area contributed by atoms with Crippen molar-refractivity contribution in [2.45, 2.75) is 39.2 Å². The van der Waals surface area contributed by atoms with Gasteiger partial charge >= 0.3 is 0 Å². The fraction of sp³-hybridized carbons (Fsp3) is 0.471. The summed E-state index contributed by atoms with van der Waals surface area (Å²) in [5.74, 6) is 0. The largest absolute Gasteiger partial charge is 0.306 e. The van der Waals surface area contributed by atoms with E-state index in [0.717, 1.165) is 12.1 Å². The number of nitrogens with one attached hydrogen (secondary N) is 1. The second-order valence-electron chi connectivity index (χ2n) is 6.11. The summed E-state index contributed by atoms with van der Waals surface area (Å²) < 4.78 is 0. The highest BCUT2D eigenvalue weighted by Crippen LogP contribution is 2.34. The predicted octanol–water partition coefficient (Wildman–Crippen LogP) is 3.53. The van der Waals surface area contributed by atoms with Gasteiger partial charge in [0.05, 0.1) is 5.69 Å². The molecule has 1 N–H and O–H groups in total. The Hall–Kier alpha value is -1.32. The van der Waals surface area contributed by atoms with Gasteiger partial charge in [-0.3, -0.25) is 5.10 Å². The van der Waals surface area contributed by atoms with Crippen molar-refractivity contribution >= 4 is 12.4 Å². The average molecular weight is 306 g/mol. The lowest BCUT2D eigenvalue weighted by atomic mass is 9.83. The van der Waals surface area contributed by atoms with Gasteiger partial charge in [-0.15, -0.1) is 12.4 Å². The maximum atomic E-state index is 4.35. The van der Waals surface area contributed by atoms with Crippen LogP contribution < -0.4 is 0 Å². The Kier molecular flexibility index (Phi) is 4.74. The van der Waals surface area contributed by atoms with Crippen LogP contribution in [0, 0.1) is 13.8 Å². The first-order chi connectivity index (χ1) is 9.58. The van der Waals surface area contributed by atoms with Crippen LogP contribution in [0.25, 0.3) is 11.1 Å². The van der Waals surface area contributed by atoms with Crippen molar-refractivity contribution in [1.82, 2.24) is 15.1 Å². The van der Waals surface area contributed by atoms with Crippen LogP contribution in [-0.2, 0) is 12.8 Å². The highest BCUT2D eigenvalue weighted by molar-refractivity contribution is 5.85. The highest BCUT2D eigenvalue weighted by Gasteiger charge is 2.23. The molecule has 4 heteroatoms. The third kappa shape index (κ3) is 2.85. The Morgan fingerprint density at radius 2 is 2.00 bits per heavy atom. The molecule has 1 aliphatic rings. The Morgan fingerprint density at radius 1 is 1.24 bits per heavy atom. The Bertz CT molecular complexity index is 611. The van der Waals surface area contributed by atoms with E-state index in [-0.39, 0.29) is 12.4 Å². The van der Waals surface area contributed by atoms with E-state index in [2.05, 4.69) is 61.2 Å². The maximum absolute atomic E-state index is 4.35. The summed E-state index contributed by atoms with van der Waals surface area (Å²) in [6, 6.07) is 7.40. The molecular weight excluding hydrogens is 282 g/mol. The summed E-state index contributed by atoms with van der Waals surface area (Å²) in [6.07, 6.45) is 3.57. The number of halogens is 1. The molecule has 0 radical (unpaired) electrons. The van der Waals surface area contributed by atoms with Crippen LogP contribution >= 0.6 is 12.4 Å². The van der Waals surface area contributed by atoms with Crippen molar-refractivity contribution in [2.24, 2.45) is 0 Å². The Labute approximate surface area is 133 Å². The molecule has 1 atom stereocenters. The van der Waals surface area contributed by atoms with Crippen LogP contribution in [0.3, 0.4) is 0 Å². The first kappa shape index (κ1) is 16.1. The zero-order valence-electron chi connectivity index (χ0n) is 13.2. The standard InChI is InChI=1S/C17H23N3.ClH/c1-11-17(12(2)19-18-11)16-7-5-6-13-10-14(20(3)4)8-9-15(13)16;/h5-7,14H,8-10H2,1-4H3,(H,18,19);1H. The van der Waals surface area contributed by atoms with Crippen LogP contribution in [0.4, 0.5) is 0 Å². The molecule has 3 nitrogen and oxygen atoms in total. The van der Waals surface area contributed by atoms with Crippen molar-refractivity contribution in [2.75, 3.05) is 14.1 Å². The van der Waals surface area contributed by atoms with Crippen molar-refractivity contribution in [3.05, 3.63) is 40.7 Å². The number of aromatic amines is 1. The molecule has 1 unspecified atom stereocenters. The number of rotatable bonds is 2. The summed E-state index contributed by atoms with van der Waals surface area (Å²) in [4.78, 5) is 2.35. The van der Waals surface area contributed by atoms with E-state index in [0.29, 0.717) is 6.04 Å². The summed E-state index contributed by atoms with van der Waals surface area (Å²) in [5.41, 5.74) is 7.98. The smallest absolute Gasteiger partial charge is 0.0672 e. The van der Waals surface area contributed by atoms with Crippen LogP contribution in [0.15, 0.2) is 18.2 Å². The van der Waals surface area contributed by atoms with E-state index in [4.69, 9.17) is 0 Å². The van der Waals surface area contributed by atoms with Crippen molar-refractivity contribution in [1.29, 1.82) is 0 Å². The van der Waals surface area contributed by atoms with Gasteiger partial charge in [-0.2, -0.15) is 5.10 Å². The molecule has 0 saturated heterocycles. The van der Waals surface area contributed by atoms with Crippen LogP contribution in [0.5, 0.6) is 0 Å². The maximum Gasteiger partial charge on any atom is 0.0672 e. The molecule has 0 fully saturated rings. The minimum absolute atomic E-state index is 0. The van der Waals surface area contributed by atoms with E-state index in [1.807, 2.05) is 0 Å². The predicted molar refractivity (Wildman–Crippen MR) is 90.2 cm³/mol. The van der Waals surface area contributed by atoms with Gasteiger partial charge in [-0.25, -0.2) is 0 Å². The van der Waals surface area contributed by atoms with Crippen LogP contribution in [0.1, 0.15) is 28.9 Å². The van der Waals surface area contributed by atoms with Gasteiger partial charge in [0, 0.05) is 17.3 Å². The van der Waals surface area contributed by atoms with Gasteiger partial charge in [-0.1, -0.05) is 18.2 Å². The first-order valence-corrected chi connectivity index (χ1v) is 7.37. The third-order valence-electron chi connectivity index (χ3n) is 4.58. The molecule has 0 amide bonds. The van der Waals surface area contributed by atoms with Gasteiger partial charge in [0.15, 0.2) is 0 Å². The lowest BCUT2D eigenvalue weighted by molar-refractivity contribution is 0.268. The molecule has 1 aromatic carbocycles. The van der Waals surface area contributed by atoms with Gasteiger partial charge in [-0.05, 0) is 63.9 Å². The number of aromatic nitrogens is 2. The van der Waals surface area contributed by atoms with E-state index in [9.17, 15) is 0 Å².